The van der Waals surface area contributed by atoms with Crippen molar-refractivity contribution in [3.05, 3.63) is 65.5 Å². The molecular weight excluding hydrogens is 427 g/mol. The second-order valence-electron chi connectivity index (χ2n) is 8.13. The van der Waals surface area contributed by atoms with E-state index in [9.17, 15) is 18.8 Å². The summed E-state index contributed by atoms with van der Waals surface area (Å²) in [5.74, 6) is -0.893. The number of carbonyl (C=O) groups is 3. The second kappa shape index (κ2) is 10.9. The number of likely N-dealkylation sites (N-methyl/N-ethyl adjacent to an activating group) is 1. The Bertz CT molecular complexity index is 996. The van der Waals surface area contributed by atoms with Crippen LogP contribution in [-0.2, 0) is 20.9 Å². The van der Waals surface area contributed by atoms with Gasteiger partial charge in [-0.15, -0.1) is 0 Å². The van der Waals surface area contributed by atoms with Crippen molar-refractivity contribution in [2.75, 3.05) is 32.5 Å². The Balaban J connectivity index is 1.85. The average Bonchev–Trinajstić information content (AvgIpc) is 3.10. The van der Waals surface area contributed by atoms with Gasteiger partial charge in [-0.2, -0.15) is 0 Å². The van der Waals surface area contributed by atoms with Crippen molar-refractivity contribution in [3.63, 3.8) is 0 Å². The molecule has 2 N–H and O–H groups in total. The molecule has 0 aliphatic carbocycles. The number of nitrogens with zero attached hydrogens (tertiary/aromatic N) is 2. The molecule has 0 aromatic heterocycles. The monoisotopic (exact) mass is 456 g/mol. The van der Waals surface area contributed by atoms with Gasteiger partial charge in [0.25, 0.3) is 0 Å². The van der Waals surface area contributed by atoms with Crippen LogP contribution in [0.15, 0.2) is 48.5 Å². The first-order chi connectivity index (χ1) is 15.8. The summed E-state index contributed by atoms with van der Waals surface area (Å²) < 4.78 is 19.3. The fraction of sp³-hybridized carbons (Fsp3) is 0.375. The Morgan fingerprint density at radius 2 is 1.88 bits per heavy atom. The molecule has 3 rings (SSSR count). The number of cyclic esters (lactones) is 1. The van der Waals surface area contributed by atoms with E-state index in [0.717, 1.165) is 0 Å². The average molecular weight is 457 g/mol. The SMILES string of the molecule is CCC(=O)Nc1ccc(C2OC(=O)N(Cc3cccc(F)c3)C2C(=O)NCCN(C)C)cc1. The minimum Gasteiger partial charge on any atom is -0.438 e. The Morgan fingerprint density at radius 1 is 1.15 bits per heavy atom. The lowest BCUT2D eigenvalue weighted by Crippen LogP contribution is -2.47. The van der Waals surface area contributed by atoms with Crippen molar-refractivity contribution in [1.82, 2.24) is 15.1 Å². The van der Waals surface area contributed by atoms with Crippen molar-refractivity contribution in [2.45, 2.75) is 32.0 Å². The van der Waals surface area contributed by atoms with E-state index in [4.69, 9.17) is 4.74 Å². The highest BCUT2D eigenvalue weighted by molar-refractivity contribution is 5.91. The molecule has 176 valence electrons. The van der Waals surface area contributed by atoms with Crippen LogP contribution in [0.2, 0.25) is 0 Å². The molecule has 1 aliphatic rings. The van der Waals surface area contributed by atoms with Gasteiger partial charge in [-0.25, -0.2) is 9.18 Å². The summed E-state index contributed by atoms with van der Waals surface area (Å²) >= 11 is 0. The largest absolute Gasteiger partial charge is 0.438 e. The number of nitrogens with one attached hydrogen (secondary N) is 2. The molecule has 0 bridgehead atoms. The van der Waals surface area contributed by atoms with Crippen molar-refractivity contribution >= 4 is 23.6 Å². The zero-order chi connectivity index (χ0) is 24.0. The highest BCUT2D eigenvalue weighted by atomic mass is 19.1. The van der Waals surface area contributed by atoms with Crippen LogP contribution in [0.25, 0.3) is 0 Å². The van der Waals surface area contributed by atoms with Gasteiger partial charge in [0, 0.05) is 25.2 Å². The van der Waals surface area contributed by atoms with Crippen LogP contribution in [-0.4, -0.2) is 60.9 Å². The van der Waals surface area contributed by atoms with E-state index in [0.29, 0.717) is 36.3 Å². The van der Waals surface area contributed by atoms with Gasteiger partial charge in [-0.3, -0.25) is 14.5 Å². The fourth-order valence-corrected chi connectivity index (χ4v) is 3.55. The van der Waals surface area contributed by atoms with E-state index in [1.54, 1.807) is 43.3 Å². The maximum atomic E-state index is 13.7. The van der Waals surface area contributed by atoms with Gasteiger partial charge in [0.05, 0.1) is 6.54 Å². The number of anilines is 1. The number of amides is 3. The molecule has 33 heavy (non-hydrogen) atoms. The summed E-state index contributed by atoms with van der Waals surface area (Å²) in [7, 11) is 3.79. The fourth-order valence-electron chi connectivity index (χ4n) is 3.55. The Hall–Kier alpha value is -3.46. The smallest absolute Gasteiger partial charge is 0.411 e. The zero-order valence-electron chi connectivity index (χ0n) is 19.0. The van der Waals surface area contributed by atoms with Crippen molar-refractivity contribution < 1.29 is 23.5 Å². The molecule has 0 radical (unpaired) electrons. The highest BCUT2D eigenvalue weighted by Crippen LogP contribution is 2.34. The number of hydrogen-bond acceptors (Lipinski definition) is 5. The molecule has 3 amide bonds. The van der Waals surface area contributed by atoms with E-state index in [1.165, 1.54) is 17.0 Å². The minimum absolute atomic E-state index is 0.0313. The van der Waals surface area contributed by atoms with Gasteiger partial charge in [0.15, 0.2) is 12.1 Å². The van der Waals surface area contributed by atoms with E-state index >= 15 is 0 Å². The number of rotatable bonds is 9. The number of carbonyl (C=O) groups excluding carboxylic acids is 3. The molecule has 2 aromatic rings. The summed E-state index contributed by atoms with van der Waals surface area (Å²) in [5, 5.41) is 5.62. The summed E-state index contributed by atoms with van der Waals surface area (Å²) in [5.41, 5.74) is 1.78. The van der Waals surface area contributed by atoms with Crippen LogP contribution in [0.5, 0.6) is 0 Å². The molecule has 1 aliphatic heterocycles. The summed E-state index contributed by atoms with van der Waals surface area (Å²) in [6, 6.07) is 11.8. The first-order valence-electron chi connectivity index (χ1n) is 10.8. The van der Waals surface area contributed by atoms with Crippen molar-refractivity contribution in [3.8, 4) is 0 Å². The second-order valence-corrected chi connectivity index (χ2v) is 8.13. The molecule has 1 saturated heterocycles. The normalized spacial score (nSPS) is 17.7. The minimum atomic E-state index is -0.931. The van der Waals surface area contributed by atoms with E-state index in [-0.39, 0.29) is 18.4 Å². The third-order valence-electron chi connectivity index (χ3n) is 5.30. The van der Waals surface area contributed by atoms with Crippen LogP contribution in [0, 0.1) is 5.82 Å². The maximum Gasteiger partial charge on any atom is 0.411 e. The predicted molar refractivity (Wildman–Crippen MR) is 122 cm³/mol. The predicted octanol–water partition coefficient (Wildman–Crippen LogP) is 2.91. The van der Waals surface area contributed by atoms with Gasteiger partial charge < -0.3 is 20.3 Å². The lowest BCUT2D eigenvalue weighted by atomic mass is 10.00. The summed E-state index contributed by atoms with van der Waals surface area (Å²) in [4.78, 5) is 40.8. The topological polar surface area (TPSA) is 91.0 Å². The molecule has 8 nitrogen and oxygen atoms in total. The van der Waals surface area contributed by atoms with Gasteiger partial charge in [0.1, 0.15) is 5.82 Å². The van der Waals surface area contributed by atoms with Crippen molar-refractivity contribution in [2.24, 2.45) is 0 Å². The first kappa shape index (κ1) is 24.2. The van der Waals surface area contributed by atoms with Gasteiger partial charge >= 0.3 is 6.09 Å². The zero-order valence-corrected chi connectivity index (χ0v) is 19.0. The third-order valence-corrected chi connectivity index (χ3v) is 5.30. The first-order valence-corrected chi connectivity index (χ1v) is 10.8. The summed E-state index contributed by atoms with van der Waals surface area (Å²) in [6.45, 7) is 2.82. The molecule has 2 atom stereocenters. The van der Waals surface area contributed by atoms with Crippen LogP contribution < -0.4 is 10.6 Å². The number of halogens is 1. The van der Waals surface area contributed by atoms with Gasteiger partial charge in [-0.1, -0.05) is 31.2 Å². The lowest BCUT2D eigenvalue weighted by molar-refractivity contribution is -0.126. The third kappa shape index (κ3) is 6.29. The standard InChI is InChI=1S/C24H29FN4O4/c1-4-20(30)27-19-10-8-17(9-11-19)22-21(23(31)26-12-13-28(2)3)29(24(32)33-22)15-16-6-5-7-18(25)14-16/h5-11,14,21-22H,4,12-13,15H2,1-3H3,(H,26,31)(H,27,30). The molecule has 2 unspecified atom stereocenters. The molecule has 2 aromatic carbocycles. The molecular formula is C24H29FN4O4. The quantitative estimate of drug-likeness (QED) is 0.606. The van der Waals surface area contributed by atoms with E-state index < -0.39 is 24.1 Å². The van der Waals surface area contributed by atoms with Crippen LogP contribution in [0.3, 0.4) is 0 Å². The highest BCUT2D eigenvalue weighted by Gasteiger charge is 2.46. The number of benzene rings is 2. The maximum absolute atomic E-state index is 13.7. The number of ether oxygens (including phenoxy) is 1. The summed E-state index contributed by atoms with van der Waals surface area (Å²) in [6.07, 6.45) is -1.15. The van der Waals surface area contributed by atoms with Crippen molar-refractivity contribution in [1.29, 1.82) is 0 Å². The van der Waals surface area contributed by atoms with Gasteiger partial charge in [0.2, 0.25) is 11.8 Å². The van der Waals surface area contributed by atoms with Crippen LogP contribution >= 0.6 is 0 Å². The van der Waals surface area contributed by atoms with Crippen LogP contribution in [0.1, 0.15) is 30.6 Å². The molecule has 1 heterocycles. The Morgan fingerprint density at radius 3 is 2.52 bits per heavy atom. The molecule has 0 saturated carbocycles. The molecule has 0 spiro atoms. The Labute approximate surface area is 192 Å². The molecule has 1 fully saturated rings. The van der Waals surface area contributed by atoms with Gasteiger partial charge in [-0.05, 0) is 49.5 Å². The number of hydrogen-bond donors (Lipinski definition) is 2. The molecule has 9 heteroatoms. The Kier molecular flexibility index (Phi) is 8.00. The van der Waals surface area contributed by atoms with E-state index in [2.05, 4.69) is 10.6 Å². The van der Waals surface area contributed by atoms with Crippen LogP contribution in [0.4, 0.5) is 14.9 Å². The van der Waals surface area contributed by atoms with E-state index in [1.807, 2.05) is 19.0 Å². The lowest BCUT2D eigenvalue weighted by Gasteiger charge is -2.24.